The van der Waals surface area contributed by atoms with E-state index in [2.05, 4.69) is 333 Å². The van der Waals surface area contributed by atoms with E-state index >= 15 is 0 Å². The van der Waals surface area contributed by atoms with Crippen LogP contribution in [0.3, 0.4) is 0 Å². The van der Waals surface area contributed by atoms with Crippen LogP contribution < -0.4 is 27.4 Å². The largest absolute Gasteiger partial charge is 0.213 e. The summed E-state index contributed by atoms with van der Waals surface area (Å²) in [6.07, 6.45) is 12.5. The zero-order chi connectivity index (χ0) is 98.2. The minimum absolute atomic E-state index is 0.369. The average molecular weight is 1680 g/mol. The zero-order valence-electron chi connectivity index (χ0n) is 86.1. The topological polar surface area (TPSA) is 23.3 Å². The third-order valence-corrected chi connectivity index (χ3v) is 23.8. The van der Waals surface area contributed by atoms with Gasteiger partial charge in [0.05, 0.1) is 0 Å². The Morgan fingerprint density at radius 2 is 0.359 bits per heavy atom. The van der Waals surface area contributed by atoms with Crippen molar-refractivity contribution in [1.82, 2.24) is 0 Å². The molecule has 0 amide bonds. The van der Waals surface area contributed by atoms with E-state index in [1.807, 2.05) is 178 Å². The summed E-state index contributed by atoms with van der Waals surface area (Å²) in [5.74, 6) is 0. The molecule has 0 aliphatic rings. The maximum absolute atomic E-state index is 7.97. The maximum atomic E-state index is 7.97. The summed E-state index contributed by atoms with van der Waals surface area (Å²) in [4.78, 5) is 0. The quantitative estimate of drug-likeness (QED) is 0.109. The standard InChI is InChI=1S/2C21H22N.4C20H20N/c2*1-15-10-11-19(16(2)12-15)21-13-17(3)20(14-22(21)4)18-8-6-5-7-9-18;2*1-15-9-7-8-12-18(15)20-13-19(16(2)14-21(20)3)17-10-5-4-6-11-17;2*1-15-9-7-8-12-18(15)20-13-16(2)19(14-21(20)3)17-10-5-4-6-11-17/h2*5-14H,1-4H3;4*4-14H,1-3H3/q6*+1/i1D3;;2D3;;2D3;. The van der Waals surface area contributed by atoms with Gasteiger partial charge in [0.15, 0.2) is 37.2 Å². The minimum Gasteiger partial charge on any atom is -0.201 e. The molecular formula is C122H124N6+6. The molecule has 0 aliphatic heterocycles. The molecule has 636 valence electrons. The first-order valence-corrected chi connectivity index (χ1v) is 43.8. The van der Waals surface area contributed by atoms with Crippen molar-refractivity contribution in [2.75, 3.05) is 0 Å². The molecule has 0 spiro atoms. The summed E-state index contributed by atoms with van der Waals surface area (Å²) in [5.41, 5.74) is 41.9. The summed E-state index contributed by atoms with van der Waals surface area (Å²) in [7, 11) is 12.2. The first-order valence-electron chi connectivity index (χ1n) is 48.3. The normalized spacial score (nSPS) is 12.0. The first-order chi connectivity index (χ1) is 65.4. The number of hydrogen-bond donors (Lipinski definition) is 0. The fourth-order valence-electron chi connectivity index (χ4n) is 16.8. The molecule has 0 N–H and O–H groups in total. The molecule has 6 heteroatoms. The van der Waals surface area contributed by atoms with E-state index in [1.54, 1.807) is 24.4 Å². The Balaban J connectivity index is 0.000000139. The molecule has 0 saturated heterocycles. The van der Waals surface area contributed by atoms with Gasteiger partial charge in [0.25, 0.3) is 0 Å². The number of pyridine rings is 6. The second-order valence-electron chi connectivity index (χ2n) is 33.5. The van der Waals surface area contributed by atoms with Crippen molar-refractivity contribution in [2.24, 2.45) is 42.3 Å². The Bertz CT molecular complexity index is 7260. The van der Waals surface area contributed by atoms with Crippen LogP contribution in [0.15, 0.2) is 389 Å². The van der Waals surface area contributed by atoms with Gasteiger partial charge in [-0.25, -0.2) is 27.4 Å². The maximum Gasteiger partial charge on any atom is 0.213 e. The lowest BCUT2D eigenvalue weighted by molar-refractivity contribution is -0.660. The molecule has 0 radical (unpaired) electrons. The summed E-state index contributed by atoms with van der Waals surface area (Å²) in [6.45, 7) is 17.0. The van der Waals surface area contributed by atoms with Crippen molar-refractivity contribution >= 4 is 0 Å². The number of rotatable bonds is 12. The van der Waals surface area contributed by atoms with Crippen LogP contribution in [0, 0.1) is 96.7 Å². The predicted molar refractivity (Wildman–Crippen MR) is 537 cm³/mol. The Hall–Kier alpha value is -14.5. The summed E-state index contributed by atoms with van der Waals surface area (Å²) >= 11 is 0. The number of benzene rings is 12. The van der Waals surface area contributed by atoms with Crippen LogP contribution in [0.5, 0.6) is 0 Å². The molecule has 128 heavy (non-hydrogen) atoms. The van der Waals surface area contributed by atoms with Crippen molar-refractivity contribution in [3.05, 3.63) is 467 Å². The highest BCUT2D eigenvalue weighted by Gasteiger charge is 2.24. The molecule has 0 saturated carbocycles. The van der Waals surface area contributed by atoms with Gasteiger partial charge in [-0.3, -0.25) is 0 Å². The highest BCUT2D eigenvalue weighted by Crippen LogP contribution is 2.35. The lowest BCUT2D eigenvalue weighted by Gasteiger charge is -2.10. The van der Waals surface area contributed by atoms with Crippen LogP contribution in [0.4, 0.5) is 0 Å². The Morgan fingerprint density at radius 3 is 0.641 bits per heavy atom. The number of nitrogens with zero attached hydrogens (tertiary/aromatic N) is 6. The molecule has 12 aromatic carbocycles. The Labute approximate surface area is 775 Å². The number of hydrogen-bond acceptors (Lipinski definition) is 0. The van der Waals surface area contributed by atoms with Gasteiger partial charge in [0.1, 0.15) is 42.3 Å². The van der Waals surface area contributed by atoms with E-state index in [0.29, 0.717) is 16.7 Å². The molecule has 18 aromatic rings. The number of aryl methyl sites for hydroxylation is 20. The van der Waals surface area contributed by atoms with E-state index in [1.165, 1.54) is 123 Å². The monoisotopic (exact) mass is 1680 g/mol. The second kappa shape index (κ2) is 42.5. The second-order valence-corrected chi connectivity index (χ2v) is 33.5. The zero-order valence-corrected chi connectivity index (χ0v) is 77.1. The lowest BCUT2D eigenvalue weighted by Crippen LogP contribution is -2.31. The van der Waals surface area contributed by atoms with Gasteiger partial charge >= 0.3 is 0 Å². The van der Waals surface area contributed by atoms with Gasteiger partial charge in [-0.1, -0.05) is 290 Å². The van der Waals surface area contributed by atoms with E-state index in [0.717, 1.165) is 72.7 Å². The van der Waals surface area contributed by atoms with Crippen molar-refractivity contribution in [3.8, 4) is 134 Å². The summed E-state index contributed by atoms with van der Waals surface area (Å²) in [6, 6.07) is 119. The predicted octanol–water partition coefficient (Wildman–Crippen LogP) is 27.4. The van der Waals surface area contributed by atoms with Crippen molar-refractivity contribution in [2.45, 2.75) is 96.7 Å². The smallest absolute Gasteiger partial charge is 0.201 e. The fraction of sp³-hybridized carbons (Fsp3) is 0.164. The van der Waals surface area contributed by atoms with Gasteiger partial charge in [0.2, 0.25) is 34.2 Å². The highest BCUT2D eigenvalue weighted by atomic mass is 14.9. The minimum atomic E-state index is -2.17. The molecule has 6 heterocycles. The van der Waals surface area contributed by atoms with Gasteiger partial charge in [-0.2, -0.15) is 0 Å². The van der Waals surface area contributed by atoms with Crippen LogP contribution in [0.25, 0.3) is 134 Å². The lowest BCUT2D eigenvalue weighted by atomic mass is 9.97. The first kappa shape index (κ1) is 79.4. The van der Waals surface area contributed by atoms with Crippen LogP contribution in [-0.4, -0.2) is 0 Å². The molecule has 6 nitrogen and oxygen atoms in total. The molecule has 18 rings (SSSR count). The van der Waals surface area contributed by atoms with E-state index in [4.69, 9.17) is 12.3 Å². The molecule has 0 bridgehead atoms. The third kappa shape index (κ3) is 22.2. The van der Waals surface area contributed by atoms with Crippen molar-refractivity contribution in [1.29, 1.82) is 0 Å². The van der Waals surface area contributed by atoms with Crippen LogP contribution in [-0.2, 0) is 42.3 Å². The van der Waals surface area contributed by atoms with Crippen molar-refractivity contribution < 1.29 is 39.7 Å². The van der Waals surface area contributed by atoms with Crippen molar-refractivity contribution in [3.63, 3.8) is 0 Å². The molecule has 6 aromatic heterocycles. The van der Waals surface area contributed by atoms with Crippen LogP contribution >= 0.6 is 0 Å². The van der Waals surface area contributed by atoms with Gasteiger partial charge < -0.3 is 0 Å². The summed E-state index contributed by atoms with van der Waals surface area (Å²) in [5, 5.41) is 0. The van der Waals surface area contributed by atoms with Crippen LogP contribution in [0.1, 0.15) is 90.2 Å². The van der Waals surface area contributed by atoms with Gasteiger partial charge in [-0.05, 0) is 233 Å². The van der Waals surface area contributed by atoms with E-state index in [9.17, 15) is 0 Å². The molecular weight excluding hydrogens is 1550 g/mol. The SMILES string of the molecule is Cc1c[n+](C)c(-c2ccccc2C)cc1-c1ccccc1.Cc1cc(-c2ccccc2C)[n+](C)cc1-c1ccccc1.Cc1ccc(-c2cc(C)c(-c3ccccc3)c[n+]2C)c(C)c1.[2H]C([2H])([2H])c1c[n+](C)c(-c2ccccc2C)cc1-c1ccccc1.[2H]C([2H])([2H])c1cc(-c2ccccc2C)[n+](C)cc1-c1ccccc1.[2H]C([2H])([2H])c1ccc(-c2cc(C)c(-c3ccccc3)c[n+]2C)c(C)c1. The molecule has 0 fully saturated rings. The fourth-order valence-corrected chi connectivity index (χ4v) is 16.8. The molecule has 0 unspecified atom stereocenters. The summed E-state index contributed by atoms with van der Waals surface area (Å²) < 4.78 is 83.0. The number of aromatic nitrogens is 6. The van der Waals surface area contributed by atoms with Gasteiger partial charge in [0, 0.05) is 115 Å². The van der Waals surface area contributed by atoms with Gasteiger partial charge in [-0.15, -0.1) is 0 Å². The van der Waals surface area contributed by atoms with E-state index in [-0.39, 0.29) is 0 Å². The highest BCUT2D eigenvalue weighted by molar-refractivity contribution is 5.77. The van der Waals surface area contributed by atoms with E-state index < -0.39 is 20.6 Å². The average Bonchev–Trinajstić information content (AvgIpc) is 0.774. The molecule has 0 atom stereocenters. The Morgan fingerprint density at radius 1 is 0.148 bits per heavy atom. The molecule has 0 aliphatic carbocycles. The van der Waals surface area contributed by atoms with Crippen LogP contribution in [0.2, 0.25) is 0 Å². The third-order valence-electron chi connectivity index (χ3n) is 23.8. The Kier molecular flexibility index (Phi) is 26.4.